The zero-order valence-corrected chi connectivity index (χ0v) is 16.4. The molecule has 0 aliphatic carbocycles. The smallest absolute Gasteiger partial charge is 0.254 e. The van der Waals surface area contributed by atoms with Crippen LogP contribution in [0.5, 0.6) is 0 Å². The van der Waals surface area contributed by atoms with E-state index in [0.29, 0.717) is 24.2 Å². The number of sulfone groups is 1. The van der Waals surface area contributed by atoms with Crippen LogP contribution in [0.15, 0.2) is 23.1 Å². The van der Waals surface area contributed by atoms with Crippen LogP contribution >= 0.6 is 0 Å². The Morgan fingerprint density at radius 2 is 1.72 bits per heavy atom. The molecule has 140 valence electrons. The molecular formula is C16H24N2O5S2. The van der Waals surface area contributed by atoms with E-state index in [1.807, 2.05) is 0 Å². The van der Waals surface area contributed by atoms with Gasteiger partial charge >= 0.3 is 0 Å². The Morgan fingerprint density at radius 3 is 2.24 bits per heavy atom. The molecule has 0 aromatic heterocycles. The Hall–Kier alpha value is -1.45. The molecule has 0 N–H and O–H groups in total. The van der Waals surface area contributed by atoms with Gasteiger partial charge in [0.05, 0.1) is 16.4 Å². The highest BCUT2D eigenvalue weighted by Gasteiger charge is 2.28. The van der Waals surface area contributed by atoms with Crippen LogP contribution in [0, 0.1) is 6.92 Å². The van der Waals surface area contributed by atoms with Gasteiger partial charge in [-0.05, 0) is 24.6 Å². The average molecular weight is 389 g/mol. The fourth-order valence-electron chi connectivity index (χ4n) is 2.79. The molecule has 1 aromatic carbocycles. The number of amides is 1. The Balaban J connectivity index is 2.35. The van der Waals surface area contributed by atoms with Gasteiger partial charge in [-0.2, -0.15) is 4.31 Å². The second kappa shape index (κ2) is 7.43. The number of hydrogen-bond acceptors (Lipinski definition) is 5. The molecule has 1 aliphatic heterocycles. The van der Waals surface area contributed by atoms with Gasteiger partial charge in [-0.3, -0.25) is 4.79 Å². The van der Waals surface area contributed by atoms with Gasteiger partial charge in [-0.25, -0.2) is 16.8 Å². The van der Waals surface area contributed by atoms with E-state index in [0.717, 1.165) is 0 Å². The first-order valence-corrected chi connectivity index (χ1v) is 11.5. The summed E-state index contributed by atoms with van der Waals surface area (Å²) in [7, 11) is -6.74. The van der Waals surface area contributed by atoms with Gasteiger partial charge in [0.2, 0.25) is 10.0 Å². The lowest BCUT2D eigenvalue weighted by Gasteiger charge is -2.27. The molecular weight excluding hydrogens is 364 g/mol. The first-order valence-electron chi connectivity index (χ1n) is 8.23. The van der Waals surface area contributed by atoms with Crippen molar-refractivity contribution in [2.24, 2.45) is 0 Å². The van der Waals surface area contributed by atoms with Crippen molar-refractivity contribution in [3.63, 3.8) is 0 Å². The van der Waals surface area contributed by atoms with Crippen molar-refractivity contribution < 1.29 is 21.6 Å². The molecule has 25 heavy (non-hydrogen) atoms. The summed E-state index contributed by atoms with van der Waals surface area (Å²) in [5.41, 5.74) is 0.962. The van der Waals surface area contributed by atoms with Crippen LogP contribution in [0.2, 0.25) is 0 Å². The van der Waals surface area contributed by atoms with Crippen LogP contribution < -0.4 is 0 Å². The van der Waals surface area contributed by atoms with Crippen molar-refractivity contribution in [3.8, 4) is 0 Å². The van der Waals surface area contributed by atoms with Crippen LogP contribution in [0.3, 0.4) is 0 Å². The zero-order valence-electron chi connectivity index (χ0n) is 14.7. The van der Waals surface area contributed by atoms with Crippen LogP contribution in [-0.2, 0) is 19.9 Å². The Bertz CT molecular complexity index is 845. The minimum atomic E-state index is -3.66. The van der Waals surface area contributed by atoms with Crippen molar-refractivity contribution in [2.45, 2.75) is 25.7 Å². The molecule has 1 fully saturated rings. The van der Waals surface area contributed by atoms with Crippen molar-refractivity contribution in [3.05, 3.63) is 29.3 Å². The summed E-state index contributed by atoms with van der Waals surface area (Å²) < 4.78 is 49.7. The molecule has 1 aliphatic rings. The molecule has 0 saturated carbocycles. The fraction of sp³-hybridized carbons (Fsp3) is 0.562. The van der Waals surface area contributed by atoms with Gasteiger partial charge < -0.3 is 4.90 Å². The fourth-order valence-corrected chi connectivity index (χ4v) is 5.48. The topological polar surface area (TPSA) is 91.8 Å². The SMILES string of the molecule is CCN(CC)S(=O)(=O)c1ccc(C)c(C(=O)N2CCS(=O)(=O)CC2)c1. The van der Waals surface area contributed by atoms with Crippen LogP contribution in [-0.4, -0.2) is 69.6 Å². The Morgan fingerprint density at radius 1 is 1.16 bits per heavy atom. The highest BCUT2D eigenvalue weighted by molar-refractivity contribution is 7.91. The number of hydrogen-bond donors (Lipinski definition) is 0. The second-order valence-corrected chi connectivity index (χ2v) is 10.3. The number of carbonyl (C=O) groups is 1. The maximum absolute atomic E-state index is 12.7. The van der Waals surface area contributed by atoms with Gasteiger partial charge in [-0.1, -0.05) is 19.9 Å². The minimum absolute atomic E-state index is 0.0603. The molecule has 0 unspecified atom stereocenters. The molecule has 1 amide bonds. The third-order valence-corrected chi connectivity index (χ3v) is 8.07. The highest BCUT2D eigenvalue weighted by Crippen LogP contribution is 2.21. The van der Waals surface area contributed by atoms with E-state index in [4.69, 9.17) is 0 Å². The summed E-state index contributed by atoms with van der Waals surface area (Å²) in [5.74, 6) is -0.450. The molecule has 0 bridgehead atoms. The Kier molecular flexibility index (Phi) is 5.90. The number of sulfonamides is 1. The van der Waals surface area contributed by atoms with E-state index in [2.05, 4.69) is 0 Å². The standard InChI is InChI=1S/C16H24N2O5S2/c1-4-18(5-2)25(22,23)14-7-6-13(3)15(12-14)16(19)17-8-10-24(20,21)11-9-17/h6-7,12H,4-5,8-11H2,1-3H3. The molecule has 2 rings (SSSR count). The van der Waals surface area contributed by atoms with E-state index in [-0.39, 0.29) is 35.4 Å². The lowest BCUT2D eigenvalue weighted by Crippen LogP contribution is -2.44. The van der Waals surface area contributed by atoms with Crippen molar-refractivity contribution >= 4 is 25.8 Å². The predicted octanol–water partition coefficient (Wildman–Crippen LogP) is 0.896. The minimum Gasteiger partial charge on any atom is -0.337 e. The first-order chi connectivity index (χ1) is 11.6. The van der Waals surface area contributed by atoms with E-state index >= 15 is 0 Å². The maximum atomic E-state index is 12.7. The van der Waals surface area contributed by atoms with E-state index in [1.165, 1.54) is 21.3 Å². The van der Waals surface area contributed by atoms with Crippen LogP contribution in [0.25, 0.3) is 0 Å². The third-order valence-electron chi connectivity index (χ3n) is 4.41. The van der Waals surface area contributed by atoms with Crippen molar-refractivity contribution in [1.82, 2.24) is 9.21 Å². The summed E-state index contributed by atoms with van der Waals surface area (Å²) in [4.78, 5) is 14.3. The molecule has 1 heterocycles. The second-order valence-electron chi connectivity index (χ2n) is 6.01. The van der Waals surface area contributed by atoms with Crippen LogP contribution in [0.4, 0.5) is 0 Å². The lowest BCUT2D eigenvalue weighted by molar-refractivity contribution is 0.0769. The van der Waals surface area contributed by atoms with Gasteiger partial charge in [0.15, 0.2) is 9.84 Å². The van der Waals surface area contributed by atoms with Gasteiger partial charge in [0, 0.05) is 31.7 Å². The zero-order chi connectivity index (χ0) is 18.8. The van der Waals surface area contributed by atoms with Gasteiger partial charge in [-0.15, -0.1) is 0 Å². The molecule has 1 aromatic rings. The molecule has 9 heteroatoms. The number of benzene rings is 1. The molecule has 0 radical (unpaired) electrons. The van der Waals surface area contributed by atoms with E-state index in [9.17, 15) is 21.6 Å². The third kappa shape index (κ3) is 4.21. The summed E-state index contributed by atoms with van der Waals surface area (Å²) in [6.07, 6.45) is 0. The van der Waals surface area contributed by atoms with Crippen molar-refractivity contribution in [1.29, 1.82) is 0 Å². The highest BCUT2D eigenvalue weighted by atomic mass is 32.2. The molecule has 0 spiro atoms. The molecule has 1 saturated heterocycles. The first kappa shape index (κ1) is 19.9. The quantitative estimate of drug-likeness (QED) is 0.747. The largest absolute Gasteiger partial charge is 0.337 e. The number of nitrogens with zero attached hydrogens (tertiary/aromatic N) is 2. The molecule has 7 nitrogen and oxygen atoms in total. The predicted molar refractivity (Wildman–Crippen MR) is 95.8 cm³/mol. The summed E-state index contributed by atoms with van der Waals surface area (Å²) >= 11 is 0. The van der Waals surface area contributed by atoms with E-state index in [1.54, 1.807) is 26.8 Å². The van der Waals surface area contributed by atoms with Crippen LogP contribution in [0.1, 0.15) is 29.8 Å². The summed E-state index contributed by atoms with van der Waals surface area (Å²) in [5, 5.41) is 0. The van der Waals surface area contributed by atoms with E-state index < -0.39 is 19.9 Å². The van der Waals surface area contributed by atoms with Crippen molar-refractivity contribution in [2.75, 3.05) is 37.7 Å². The number of carbonyl (C=O) groups excluding carboxylic acids is 1. The number of aryl methyl sites for hydroxylation is 1. The Labute approximate surface area is 149 Å². The summed E-state index contributed by atoms with van der Waals surface area (Å²) in [6.45, 7) is 6.22. The molecule has 0 atom stereocenters. The normalized spacial score (nSPS) is 17.7. The average Bonchev–Trinajstić information content (AvgIpc) is 2.55. The number of rotatable bonds is 5. The maximum Gasteiger partial charge on any atom is 0.254 e. The van der Waals surface area contributed by atoms with Gasteiger partial charge in [0.25, 0.3) is 5.91 Å². The lowest BCUT2D eigenvalue weighted by atomic mass is 10.1. The van der Waals surface area contributed by atoms with Gasteiger partial charge in [0.1, 0.15) is 0 Å². The summed E-state index contributed by atoms with van der Waals surface area (Å²) in [6, 6.07) is 4.51. The monoisotopic (exact) mass is 388 g/mol.